The molecule has 20 heavy (non-hydrogen) atoms. The van der Waals surface area contributed by atoms with Gasteiger partial charge in [-0.2, -0.15) is 0 Å². The van der Waals surface area contributed by atoms with Gasteiger partial charge in [0, 0.05) is 12.1 Å². The van der Waals surface area contributed by atoms with Crippen molar-refractivity contribution in [1.82, 2.24) is 5.32 Å². The van der Waals surface area contributed by atoms with Gasteiger partial charge in [-0.15, -0.1) is 0 Å². The van der Waals surface area contributed by atoms with Gasteiger partial charge in [-0.05, 0) is 60.6 Å². The third-order valence-electron chi connectivity index (χ3n) is 6.04. The van der Waals surface area contributed by atoms with Gasteiger partial charge in [0.25, 0.3) is 0 Å². The third kappa shape index (κ3) is 2.09. The van der Waals surface area contributed by atoms with Crippen molar-refractivity contribution in [2.24, 2.45) is 16.7 Å². The maximum absolute atomic E-state index is 13.4. The Balaban J connectivity index is 1.80. The zero-order chi connectivity index (χ0) is 14.5. The summed E-state index contributed by atoms with van der Waals surface area (Å²) in [5.74, 6) is 0.694. The average molecular weight is 275 g/mol. The third-order valence-corrected chi connectivity index (χ3v) is 6.04. The van der Waals surface area contributed by atoms with Crippen LogP contribution in [0.15, 0.2) is 24.3 Å². The molecule has 2 bridgehead atoms. The van der Waals surface area contributed by atoms with Gasteiger partial charge >= 0.3 is 0 Å². The van der Waals surface area contributed by atoms with Gasteiger partial charge in [-0.3, -0.25) is 0 Å². The van der Waals surface area contributed by atoms with Crippen LogP contribution in [0.1, 0.15) is 58.6 Å². The molecular weight excluding hydrogens is 249 g/mol. The largest absolute Gasteiger partial charge is 0.306 e. The van der Waals surface area contributed by atoms with E-state index < -0.39 is 0 Å². The van der Waals surface area contributed by atoms with E-state index in [-0.39, 0.29) is 11.9 Å². The van der Waals surface area contributed by atoms with E-state index in [0.29, 0.717) is 16.9 Å². The van der Waals surface area contributed by atoms with Crippen LogP contribution in [0.4, 0.5) is 4.39 Å². The number of benzene rings is 1. The first-order chi connectivity index (χ1) is 9.33. The lowest BCUT2D eigenvalue weighted by molar-refractivity contribution is 0.100. The minimum atomic E-state index is -0.144. The lowest BCUT2D eigenvalue weighted by Gasteiger charge is -2.44. The first kappa shape index (κ1) is 14.1. The van der Waals surface area contributed by atoms with Crippen LogP contribution in [0.3, 0.4) is 0 Å². The van der Waals surface area contributed by atoms with Crippen LogP contribution in [-0.4, -0.2) is 6.04 Å². The van der Waals surface area contributed by atoms with Crippen molar-refractivity contribution in [3.63, 3.8) is 0 Å². The molecule has 0 amide bonds. The first-order valence-electron chi connectivity index (χ1n) is 7.84. The van der Waals surface area contributed by atoms with Crippen molar-refractivity contribution in [3.8, 4) is 0 Å². The van der Waals surface area contributed by atoms with Gasteiger partial charge in [-0.1, -0.05) is 32.9 Å². The van der Waals surface area contributed by atoms with E-state index in [1.54, 1.807) is 12.1 Å². The monoisotopic (exact) mass is 275 g/mol. The van der Waals surface area contributed by atoms with Crippen LogP contribution < -0.4 is 5.32 Å². The molecule has 1 nitrogen and oxygen atoms in total. The standard InChI is InChI=1S/C18H26FN/c1-12(13-6-5-7-15(19)10-13)20-16-17(2,3)14-8-9-18(16,4)11-14/h5-7,10,12,14,16,20H,8-9,11H2,1-4H3. The summed E-state index contributed by atoms with van der Waals surface area (Å²) in [6.07, 6.45) is 4.04. The molecule has 0 aliphatic heterocycles. The Morgan fingerprint density at radius 3 is 2.65 bits per heavy atom. The molecule has 3 rings (SSSR count). The molecular formula is C18H26FN. The van der Waals surface area contributed by atoms with Gasteiger partial charge in [0.2, 0.25) is 0 Å². The minimum Gasteiger partial charge on any atom is -0.306 e. The minimum absolute atomic E-state index is 0.144. The van der Waals surface area contributed by atoms with E-state index in [2.05, 4.69) is 33.0 Å². The maximum atomic E-state index is 13.4. The molecule has 2 heteroatoms. The van der Waals surface area contributed by atoms with Crippen LogP contribution in [0, 0.1) is 22.6 Å². The molecule has 1 aromatic rings. The molecule has 2 fully saturated rings. The molecule has 0 saturated heterocycles. The predicted octanol–water partition coefficient (Wildman–Crippen LogP) is 4.69. The number of nitrogens with one attached hydrogen (secondary N) is 1. The summed E-state index contributed by atoms with van der Waals surface area (Å²) in [7, 11) is 0. The van der Waals surface area contributed by atoms with Crippen molar-refractivity contribution in [3.05, 3.63) is 35.6 Å². The molecule has 2 aliphatic carbocycles. The highest BCUT2D eigenvalue weighted by atomic mass is 19.1. The summed E-state index contributed by atoms with van der Waals surface area (Å²) >= 11 is 0. The fourth-order valence-electron chi connectivity index (χ4n) is 4.84. The topological polar surface area (TPSA) is 12.0 Å². The zero-order valence-electron chi connectivity index (χ0n) is 13.0. The first-order valence-corrected chi connectivity index (χ1v) is 7.84. The van der Waals surface area contributed by atoms with Crippen molar-refractivity contribution >= 4 is 0 Å². The summed E-state index contributed by atoms with van der Waals surface area (Å²) in [6, 6.07) is 7.71. The molecule has 0 radical (unpaired) electrons. The summed E-state index contributed by atoms with van der Waals surface area (Å²) in [6.45, 7) is 9.38. The van der Waals surface area contributed by atoms with E-state index in [1.165, 1.54) is 25.3 Å². The van der Waals surface area contributed by atoms with Gasteiger partial charge < -0.3 is 5.32 Å². The molecule has 2 aliphatic rings. The average Bonchev–Trinajstić information content (AvgIpc) is 2.85. The molecule has 4 atom stereocenters. The molecule has 1 N–H and O–H groups in total. The highest BCUT2D eigenvalue weighted by Crippen LogP contribution is 2.62. The van der Waals surface area contributed by atoms with Crippen LogP contribution in [0.25, 0.3) is 0 Å². The SMILES string of the molecule is CC(NC1C2(C)CCC(C2)C1(C)C)c1cccc(F)c1. The lowest BCUT2D eigenvalue weighted by Crippen LogP contribution is -2.50. The molecule has 4 unspecified atom stereocenters. The Bertz CT molecular complexity index is 505. The predicted molar refractivity (Wildman–Crippen MR) is 81.0 cm³/mol. The fraction of sp³-hybridized carbons (Fsp3) is 0.667. The van der Waals surface area contributed by atoms with Gasteiger partial charge in [0.1, 0.15) is 5.82 Å². The smallest absolute Gasteiger partial charge is 0.123 e. The van der Waals surface area contributed by atoms with Gasteiger partial charge in [0.05, 0.1) is 0 Å². The summed E-state index contributed by atoms with van der Waals surface area (Å²) in [5.41, 5.74) is 1.80. The second-order valence-corrected chi connectivity index (χ2v) is 7.79. The highest BCUT2D eigenvalue weighted by molar-refractivity contribution is 5.21. The van der Waals surface area contributed by atoms with Crippen molar-refractivity contribution in [2.45, 2.75) is 59.0 Å². The normalized spacial score (nSPS) is 36.2. The molecule has 0 aromatic heterocycles. The van der Waals surface area contributed by atoms with Gasteiger partial charge in [0.15, 0.2) is 0 Å². The number of hydrogen-bond acceptors (Lipinski definition) is 1. The van der Waals surface area contributed by atoms with Gasteiger partial charge in [-0.25, -0.2) is 4.39 Å². The van der Waals surface area contributed by atoms with Crippen LogP contribution in [0.5, 0.6) is 0 Å². The van der Waals surface area contributed by atoms with Crippen molar-refractivity contribution in [1.29, 1.82) is 0 Å². The maximum Gasteiger partial charge on any atom is 0.123 e. The Morgan fingerprint density at radius 1 is 1.30 bits per heavy atom. The molecule has 110 valence electrons. The van der Waals surface area contributed by atoms with Crippen LogP contribution in [-0.2, 0) is 0 Å². The Kier molecular flexibility index (Phi) is 3.20. The number of hydrogen-bond donors (Lipinski definition) is 1. The van der Waals surface area contributed by atoms with Crippen LogP contribution in [0.2, 0.25) is 0 Å². The number of fused-ring (bicyclic) bond motifs is 2. The molecule has 2 saturated carbocycles. The van der Waals surface area contributed by atoms with E-state index >= 15 is 0 Å². The fourth-order valence-corrected chi connectivity index (χ4v) is 4.84. The Labute approximate surface area is 122 Å². The quantitative estimate of drug-likeness (QED) is 0.843. The Hall–Kier alpha value is -0.890. The van der Waals surface area contributed by atoms with E-state index in [0.717, 1.165) is 11.5 Å². The Morgan fingerprint density at radius 2 is 2.05 bits per heavy atom. The second kappa shape index (κ2) is 4.56. The van der Waals surface area contributed by atoms with E-state index in [1.807, 2.05) is 6.07 Å². The van der Waals surface area contributed by atoms with E-state index in [4.69, 9.17) is 0 Å². The molecule has 1 aromatic carbocycles. The van der Waals surface area contributed by atoms with Crippen molar-refractivity contribution in [2.75, 3.05) is 0 Å². The summed E-state index contributed by atoms with van der Waals surface area (Å²) < 4.78 is 13.4. The second-order valence-electron chi connectivity index (χ2n) is 7.79. The number of halogens is 1. The van der Waals surface area contributed by atoms with Crippen molar-refractivity contribution < 1.29 is 4.39 Å². The summed E-state index contributed by atoms with van der Waals surface area (Å²) in [5, 5.41) is 3.82. The summed E-state index contributed by atoms with van der Waals surface area (Å²) in [4.78, 5) is 0. The number of rotatable bonds is 3. The zero-order valence-corrected chi connectivity index (χ0v) is 13.0. The molecule has 0 spiro atoms. The molecule has 0 heterocycles. The highest BCUT2D eigenvalue weighted by Gasteiger charge is 2.59. The van der Waals surface area contributed by atoms with E-state index in [9.17, 15) is 4.39 Å². The lowest BCUT2D eigenvalue weighted by atomic mass is 9.68. The van der Waals surface area contributed by atoms with Crippen LogP contribution >= 0.6 is 0 Å².